The Bertz CT molecular complexity index is 1130. The highest BCUT2D eigenvalue weighted by atomic mass is 19.4. The minimum atomic E-state index is -5.10. The number of likely N-dealkylation sites (tertiary alicyclic amines) is 1. The molecule has 2 aromatic carbocycles. The lowest BCUT2D eigenvalue weighted by molar-refractivity contribution is -0.228. The van der Waals surface area contributed by atoms with Crippen molar-refractivity contribution in [1.82, 2.24) is 10.2 Å². The Labute approximate surface area is 204 Å². The van der Waals surface area contributed by atoms with Crippen molar-refractivity contribution in [2.24, 2.45) is 0 Å². The molecule has 4 rings (SSSR count). The minimum Gasteiger partial charge on any atom is -0.354 e. The van der Waals surface area contributed by atoms with E-state index >= 15 is 0 Å². The lowest BCUT2D eigenvalue weighted by atomic mass is 9.63. The lowest BCUT2D eigenvalue weighted by Crippen LogP contribution is -2.53. The van der Waals surface area contributed by atoms with Gasteiger partial charge in [-0.1, -0.05) is 30.3 Å². The van der Waals surface area contributed by atoms with Crippen LogP contribution in [0.3, 0.4) is 0 Å². The topological polar surface area (TPSA) is 32.3 Å². The Morgan fingerprint density at radius 3 is 2.36 bits per heavy atom. The van der Waals surface area contributed by atoms with Gasteiger partial charge in [-0.3, -0.25) is 9.69 Å². The van der Waals surface area contributed by atoms with Gasteiger partial charge >= 0.3 is 12.1 Å². The molecule has 3 nitrogen and oxygen atoms in total. The number of carbonyl (C=O) groups is 1. The van der Waals surface area contributed by atoms with Gasteiger partial charge in [0, 0.05) is 18.5 Å². The summed E-state index contributed by atoms with van der Waals surface area (Å²) >= 11 is 0. The zero-order chi connectivity index (χ0) is 26.5. The van der Waals surface area contributed by atoms with Crippen LogP contribution in [-0.4, -0.2) is 49.1 Å². The fourth-order valence-corrected chi connectivity index (χ4v) is 5.79. The Kier molecular flexibility index (Phi) is 6.64. The highest BCUT2D eigenvalue weighted by Crippen LogP contribution is 2.51. The first-order valence-electron chi connectivity index (χ1n) is 11.7. The van der Waals surface area contributed by atoms with E-state index in [1.807, 2.05) is 5.32 Å². The zero-order valence-electron chi connectivity index (χ0n) is 19.9. The van der Waals surface area contributed by atoms with Gasteiger partial charge in [0.15, 0.2) is 0 Å². The van der Waals surface area contributed by atoms with E-state index in [1.165, 1.54) is 24.3 Å². The number of carbonyl (C=O) groups excluding carboxylic acids is 1. The standard InChI is InChI=1S/C26H27F7N2O/c1-23(28,26(31,32)33)18-6-9-20-17(13-18)5-10-21-24(20,14-16-3-7-19(27)8-4-16)11-12-35(21)15-25(29,30)22(36)34-2/h3-4,6-9,13,21H,5,10-12,14-15H2,1-2H3,(H,34,36)/t21-,23?,24-/m1/s1. The highest BCUT2D eigenvalue weighted by Gasteiger charge is 2.56. The second-order valence-electron chi connectivity index (χ2n) is 9.89. The average molecular weight is 517 g/mol. The molecular formula is C26H27F7N2O. The molecule has 1 aliphatic carbocycles. The molecule has 1 unspecified atom stereocenters. The molecule has 1 amide bonds. The van der Waals surface area contributed by atoms with Crippen LogP contribution in [0, 0.1) is 5.82 Å². The van der Waals surface area contributed by atoms with E-state index < -0.39 is 53.1 Å². The molecule has 0 aromatic heterocycles. The maximum atomic E-state index is 14.7. The Balaban J connectivity index is 1.76. The van der Waals surface area contributed by atoms with Crippen molar-refractivity contribution in [2.75, 3.05) is 20.1 Å². The van der Waals surface area contributed by atoms with Gasteiger partial charge < -0.3 is 5.32 Å². The Morgan fingerprint density at radius 1 is 1.08 bits per heavy atom. The normalized spacial score (nSPS) is 24.1. The number of nitrogens with zero attached hydrogens (tertiary/aromatic N) is 1. The number of hydrogen-bond donors (Lipinski definition) is 1. The molecule has 1 fully saturated rings. The van der Waals surface area contributed by atoms with Gasteiger partial charge in [-0.25, -0.2) is 8.78 Å². The van der Waals surface area contributed by atoms with Crippen LogP contribution in [0.5, 0.6) is 0 Å². The number of benzene rings is 2. The van der Waals surface area contributed by atoms with Crippen LogP contribution in [0.4, 0.5) is 30.7 Å². The lowest BCUT2D eigenvalue weighted by Gasteiger charge is -2.44. The van der Waals surface area contributed by atoms with Crippen molar-refractivity contribution in [3.8, 4) is 0 Å². The first-order chi connectivity index (χ1) is 16.7. The third-order valence-corrected chi connectivity index (χ3v) is 7.72. The second-order valence-corrected chi connectivity index (χ2v) is 9.89. The maximum Gasteiger partial charge on any atom is 0.426 e. The summed E-state index contributed by atoms with van der Waals surface area (Å²) in [5, 5.41) is 1.98. The molecule has 0 spiro atoms. The number of rotatable bonds is 6. The average Bonchev–Trinajstić information content (AvgIpc) is 3.16. The van der Waals surface area contributed by atoms with Crippen molar-refractivity contribution in [1.29, 1.82) is 0 Å². The van der Waals surface area contributed by atoms with E-state index in [0.29, 0.717) is 37.3 Å². The molecule has 1 saturated heterocycles. The predicted molar refractivity (Wildman–Crippen MR) is 120 cm³/mol. The van der Waals surface area contributed by atoms with E-state index in [2.05, 4.69) is 0 Å². The van der Waals surface area contributed by atoms with Gasteiger partial charge in [0.25, 0.3) is 5.91 Å². The van der Waals surface area contributed by atoms with Crippen LogP contribution in [-0.2, 0) is 28.7 Å². The summed E-state index contributed by atoms with van der Waals surface area (Å²) in [4.78, 5) is 13.3. The van der Waals surface area contributed by atoms with Crippen LogP contribution in [0.1, 0.15) is 42.0 Å². The van der Waals surface area contributed by atoms with Crippen LogP contribution >= 0.6 is 0 Å². The van der Waals surface area contributed by atoms with Crippen LogP contribution in [0.15, 0.2) is 42.5 Å². The predicted octanol–water partition coefficient (Wildman–Crippen LogP) is 5.46. The fourth-order valence-electron chi connectivity index (χ4n) is 5.79. The molecule has 2 aliphatic rings. The van der Waals surface area contributed by atoms with E-state index in [9.17, 15) is 35.5 Å². The summed E-state index contributed by atoms with van der Waals surface area (Å²) in [6.45, 7) is -0.0810. The largest absolute Gasteiger partial charge is 0.426 e. The molecule has 2 aromatic rings. The summed E-state index contributed by atoms with van der Waals surface area (Å²) in [5.74, 6) is -5.46. The summed E-state index contributed by atoms with van der Waals surface area (Å²) in [7, 11) is 1.13. The molecule has 1 N–H and O–H groups in total. The molecule has 10 heteroatoms. The number of nitrogens with one attached hydrogen (secondary N) is 1. The summed E-state index contributed by atoms with van der Waals surface area (Å²) < 4.78 is 97.4. The number of alkyl halides is 6. The first-order valence-corrected chi connectivity index (χ1v) is 11.7. The summed E-state index contributed by atoms with van der Waals surface area (Å²) in [6.07, 6.45) is -3.75. The van der Waals surface area contributed by atoms with Gasteiger partial charge in [-0.05, 0) is 73.5 Å². The van der Waals surface area contributed by atoms with Crippen LogP contribution in [0.25, 0.3) is 0 Å². The van der Waals surface area contributed by atoms with Gasteiger partial charge in [-0.15, -0.1) is 0 Å². The quantitative estimate of drug-likeness (QED) is 0.518. The molecule has 0 saturated carbocycles. The molecule has 1 aliphatic heterocycles. The third kappa shape index (κ3) is 4.48. The van der Waals surface area contributed by atoms with Crippen molar-refractivity contribution in [3.63, 3.8) is 0 Å². The van der Waals surface area contributed by atoms with Gasteiger partial charge in [-0.2, -0.15) is 22.0 Å². The van der Waals surface area contributed by atoms with Crippen molar-refractivity contribution in [3.05, 3.63) is 70.5 Å². The summed E-state index contributed by atoms with van der Waals surface area (Å²) in [5.41, 5.74) is -2.86. The molecule has 0 bridgehead atoms. The smallest absolute Gasteiger partial charge is 0.354 e. The van der Waals surface area contributed by atoms with Gasteiger partial charge in [0.1, 0.15) is 5.82 Å². The van der Waals surface area contributed by atoms with Crippen molar-refractivity contribution < 1.29 is 35.5 Å². The van der Waals surface area contributed by atoms with E-state index in [-0.39, 0.29) is 13.0 Å². The zero-order valence-corrected chi connectivity index (χ0v) is 19.9. The third-order valence-electron chi connectivity index (χ3n) is 7.72. The monoisotopic (exact) mass is 516 g/mol. The highest BCUT2D eigenvalue weighted by molar-refractivity contribution is 5.83. The molecular weight excluding hydrogens is 489 g/mol. The first kappa shape index (κ1) is 26.4. The minimum absolute atomic E-state index is 0.239. The summed E-state index contributed by atoms with van der Waals surface area (Å²) in [6, 6.07) is 9.15. The van der Waals surface area contributed by atoms with Crippen LogP contribution in [0.2, 0.25) is 0 Å². The molecule has 196 valence electrons. The molecule has 1 heterocycles. The van der Waals surface area contributed by atoms with E-state index in [1.54, 1.807) is 17.0 Å². The number of fused-ring (bicyclic) bond motifs is 3. The van der Waals surface area contributed by atoms with E-state index in [0.717, 1.165) is 18.7 Å². The van der Waals surface area contributed by atoms with Gasteiger partial charge in [0.05, 0.1) is 6.54 Å². The van der Waals surface area contributed by atoms with E-state index in [4.69, 9.17) is 0 Å². The van der Waals surface area contributed by atoms with Crippen molar-refractivity contribution in [2.45, 2.75) is 61.8 Å². The number of amides is 1. The SMILES string of the molecule is CNC(=O)C(F)(F)CN1CC[C@@]2(Cc3ccc(F)cc3)c3ccc(C(C)(F)C(F)(F)F)cc3CC[C@@H]12. The Morgan fingerprint density at radius 2 is 1.75 bits per heavy atom. The van der Waals surface area contributed by atoms with Crippen molar-refractivity contribution >= 4 is 5.91 Å². The molecule has 3 atom stereocenters. The fraction of sp³-hybridized carbons (Fsp3) is 0.500. The number of hydrogen-bond acceptors (Lipinski definition) is 2. The van der Waals surface area contributed by atoms with Crippen LogP contribution < -0.4 is 5.32 Å². The Hall–Kier alpha value is -2.62. The number of aryl methyl sites for hydroxylation is 1. The number of halogens is 7. The molecule has 0 radical (unpaired) electrons. The van der Waals surface area contributed by atoms with Gasteiger partial charge in [0.2, 0.25) is 5.67 Å². The molecule has 36 heavy (non-hydrogen) atoms. The second kappa shape index (κ2) is 9.04. The maximum absolute atomic E-state index is 14.7.